The highest BCUT2D eigenvalue weighted by atomic mass is 16.5. The Morgan fingerprint density at radius 3 is 0.971 bits per heavy atom. The fraction of sp³-hybridized carbons (Fsp3) is 0.375. The van der Waals surface area contributed by atoms with Crippen molar-refractivity contribution in [3.63, 3.8) is 0 Å². The molecule has 0 aromatic heterocycles. The zero-order valence-electron chi connectivity index (χ0n) is 20.7. The van der Waals surface area contributed by atoms with Crippen molar-refractivity contribution in [1.29, 1.82) is 0 Å². The molecule has 4 atom stereocenters. The molecule has 170 valence electrons. The molecule has 4 aromatic carbocycles. The van der Waals surface area contributed by atoms with Crippen LogP contribution in [0.2, 0.25) is 0 Å². The molecule has 0 radical (unpaired) electrons. The molecule has 0 amide bonds. The van der Waals surface area contributed by atoms with Crippen LogP contribution < -0.4 is 0 Å². The molecular weight excluding hydrogens is 416 g/mol. The summed E-state index contributed by atoms with van der Waals surface area (Å²) in [5.74, 6) is 0. The van der Waals surface area contributed by atoms with Crippen LogP contribution in [0.25, 0.3) is 32.3 Å². The summed E-state index contributed by atoms with van der Waals surface area (Å²) in [6, 6.07) is 9.86. The minimum absolute atomic E-state index is 0.0563. The smallest absolute Gasteiger partial charge is 0.103 e. The topological polar surface area (TPSA) is 18.5 Å². The Bertz CT molecular complexity index is 1410. The van der Waals surface area contributed by atoms with Gasteiger partial charge in [0.2, 0.25) is 0 Å². The van der Waals surface area contributed by atoms with E-state index < -0.39 is 0 Å². The summed E-state index contributed by atoms with van der Waals surface area (Å²) in [5.41, 5.74) is 8.46. The Morgan fingerprint density at radius 2 is 0.735 bits per heavy atom. The first-order valence-electron chi connectivity index (χ1n) is 12.7. The molecule has 4 aromatic rings. The Labute approximate surface area is 200 Å². The maximum absolute atomic E-state index is 6.50. The van der Waals surface area contributed by atoms with Crippen LogP contribution in [0, 0.1) is 0 Å². The average Bonchev–Trinajstić information content (AvgIpc) is 3.57. The van der Waals surface area contributed by atoms with Gasteiger partial charge in [-0.05, 0) is 76.5 Å². The molecule has 34 heavy (non-hydrogen) atoms. The molecule has 0 N–H and O–H groups in total. The van der Waals surface area contributed by atoms with E-state index in [2.05, 4.69) is 90.1 Å². The lowest BCUT2D eigenvalue weighted by Crippen LogP contribution is -2.14. The molecule has 2 unspecified atom stereocenters. The van der Waals surface area contributed by atoms with Crippen molar-refractivity contribution >= 4 is 32.3 Å². The molecule has 0 aliphatic carbocycles. The summed E-state index contributed by atoms with van der Waals surface area (Å²) in [5, 5.41) is 8.33. The van der Waals surface area contributed by atoms with Crippen LogP contribution in [-0.2, 0) is 20.3 Å². The van der Waals surface area contributed by atoms with E-state index in [1.807, 2.05) is 0 Å². The number of fused-ring (bicyclic) bond motifs is 14. The van der Waals surface area contributed by atoms with E-state index in [0.717, 1.165) is 0 Å². The first-order chi connectivity index (χ1) is 16.1. The summed E-state index contributed by atoms with van der Waals surface area (Å²) < 4.78 is 13.0. The highest BCUT2D eigenvalue weighted by Gasteiger charge is 2.42. The minimum Gasteiger partial charge on any atom is -0.357 e. The normalized spacial score (nSPS) is 26.6. The van der Waals surface area contributed by atoms with Gasteiger partial charge in [-0.1, -0.05) is 90.1 Å². The standard InChI is InChI=1S/C32H30O2/c1-31(2,3)15-11-17-25-18(12-15)28-22-8-10-24(34-22)30(28)20-14-16(32(4,5)6)13-19(26(20)25)29-23-9-7-21(33-23)27(17)29/h7-14,21-24H,1-6H3/t21-,22?,23+,24?. The van der Waals surface area contributed by atoms with Crippen molar-refractivity contribution in [2.75, 3.05) is 0 Å². The summed E-state index contributed by atoms with van der Waals surface area (Å²) in [6.07, 6.45) is 9.27. The minimum atomic E-state index is 0.0563. The third kappa shape index (κ3) is 2.20. The van der Waals surface area contributed by atoms with Gasteiger partial charge in [0.15, 0.2) is 0 Å². The zero-order valence-corrected chi connectivity index (χ0v) is 20.7. The molecule has 4 aliphatic heterocycles. The monoisotopic (exact) mass is 446 g/mol. The van der Waals surface area contributed by atoms with Gasteiger partial charge in [-0.25, -0.2) is 0 Å². The van der Waals surface area contributed by atoms with Crippen molar-refractivity contribution in [3.05, 3.63) is 82.0 Å². The molecule has 0 saturated carbocycles. The second-order valence-corrected chi connectivity index (χ2v) is 12.8. The Morgan fingerprint density at radius 1 is 0.471 bits per heavy atom. The van der Waals surface area contributed by atoms with Crippen molar-refractivity contribution in [3.8, 4) is 0 Å². The Balaban J connectivity index is 1.68. The molecule has 4 bridgehead atoms. The summed E-state index contributed by atoms with van der Waals surface area (Å²) in [7, 11) is 0. The molecule has 0 fully saturated rings. The zero-order chi connectivity index (χ0) is 23.3. The lowest BCUT2D eigenvalue weighted by molar-refractivity contribution is 0.0887. The Kier molecular flexibility index (Phi) is 3.32. The maximum Gasteiger partial charge on any atom is 0.103 e. The van der Waals surface area contributed by atoms with E-state index in [4.69, 9.17) is 9.47 Å². The van der Waals surface area contributed by atoms with Crippen LogP contribution in [-0.4, -0.2) is 0 Å². The second-order valence-electron chi connectivity index (χ2n) is 12.8. The number of hydrogen-bond acceptors (Lipinski definition) is 2. The molecule has 4 heterocycles. The van der Waals surface area contributed by atoms with Gasteiger partial charge in [0.05, 0.1) is 0 Å². The lowest BCUT2D eigenvalue weighted by Gasteiger charge is -2.28. The van der Waals surface area contributed by atoms with E-state index in [1.165, 1.54) is 65.7 Å². The van der Waals surface area contributed by atoms with E-state index >= 15 is 0 Å². The quantitative estimate of drug-likeness (QED) is 0.199. The lowest BCUT2D eigenvalue weighted by atomic mass is 9.74. The van der Waals surface area contributed by atoms with E-state index in [9.17, 15) is 0 Å². The molecule has 8 rings (SSSR count). The van der Waals surface area contributed by atoms with Crippen molar-refractivity contribution in [2.24, 2.45) is 0 Å². The van der Waals surface area contributed by atoms with Gasteiger partial charge in [-0.15, -0.1) is 0 Å². The molecule has 2 nitrogen and oxygen atoms in total. The third-order valence-corrected chi connectivity index (χ3v) is 8.65. The van der Waals surface area contributed by atoms with Gasteiger partial charge in [0.1, 0.15) is 24.4 Å². The fourth-order valence-electron chi connectivity index (χ4n) is 6.90. The SMILES string of the molecule is CC(C)(C)c1cc2c3c(c4cc(C(C)(C)C)cc5c6c(c(c1)c2c45)[C@@H]1C=C[C@H]6O1)C1C=CC3O1. The molecule has 0 spiro atoms. The number of hydrogen-bond donors (Lipinski definition) is 0. The fourth-order valence-corrected chi connectivity index (χ4v) is 6.90. The third-order valence-electron chi connectivity index (χ3n) is 8.65. The molecular formula is C32H30O2. The highest BCUT2D eigenvalue weighted by Crippen LogP contribution is 2.59. The number of rotatable bonds is 0. The maximum atomic E-state index is 6.50. The van der Waals surface area contributed by atoms with Gasteiger partial charge in [0, 0.05) is 0 Å². The molecule has 2 heteroatoms. The molecule has 4 aliphatic rings. The number of ether oxygens (including phenoxy) is 2. The van der Waals surface area contributed by atoms with E-state index in [-0.39, 0.29) is 35.2 Å². The van der Waals surface area contributed by atoms with Gasteiger partial charge in [-0.3, -0.25) is 0 Å². The van der Waals surface area contributed by atoms with Gasteiger partial charge < -0.3 is 9.47 Å². The first-order valence-corrected chi connectivity index (χ1v) is 12.7. The van der Waals surface area contributed by atoms with Crippen LogP contribution in [0.4, 0.5) is 0 Å². The molecule has 0 saturated heterocycles. The van der Waals surface area contributed by atoms with Crippen molar-refractivity contribution in [2.45, 2.75) is 76.8 Å². The van der Waals surface area contributed by atoms with Gasteiger partial charge in [0.25, 0.3) is 0 Å². The average molecular weight is 447 g/mol. The summed E-state index contributed by atoms with van der Waals surface area (Å²) in [4.78, 5) is 0. The predicted octanol–water partition coefficient (Wildman–Crippen LogP) is 8.54. The van der Waals surface area contributed by atoms with E-state index in [0.29, 0.717) is 0 Å². The number of benzene rings is 4. The van der Waals surface area contributed by atoms with Crippen LogP contribution in [0.1, 0.15) is 99.3 Å². The van der Waals surface area contributed by atoms with Gasteiger partial charge >= 0.3 is 0 Å². The van der Waals surface area contributed by atoms with Crippen LogP contribution in [0.15, 0.2) is 48.6 Å². The van der Waals surface area contributed by atoms with Crippen LogP contribution in [0.5, 0.6) is 0 Å². The highest BCUT2D eigenvalue weighted by molar-refractivity contribution is 6.27. The van der Waals surface area contributed by atoms with Gasteiger partial charge in [-0.2, -0.15) is 0 Å². The van der Waals surface area contributed by atoms with E-state index in [1.54, 1.807) is 0 Å². The summed E-state index contributed by atoms with van der Waals surface area (Å²) in [6.45, 7) is 13.9. The van der Waals surface area contributed by atoms with Crippen LogP contribution in [0.3, 0.4) is 0 Å². The van der Waals surface area contributed by atoms with Crippen molar-refractivity contribution < 1.29 is 9.47 Å². The second kappa shape index (κ2) is 5.75. The predicted molar refractivity (Wildman–Crippen MR) is 139 cm³/mol. The largest absolute Gasteiger partial charge is 0.357 e. The Hall–Kier alpha value is -2.68. The summed E-state index contributed by atoms with van der Waals surface area (Å²) >= 11 is 0. The first kappa shape index (κ1) is 19.6. The van der Waals surface area contributed by atoms with Crippen LogP contribution >= 0.6 is 0 Å². The van der Waals surface area contributed by atoms with Crippen molar-refractivity contribution in [1.82, 2.24) is 0 Å².